The Bertz CT molecular complexity index is 253. The van der Waals surface area contributed by atoms with Gasteiger partial charge in [-0.2, -0.15) is 0 Å². The summed E-state index contributed by atoms with van der Waals surface area (Å²) in [5.41, 5.74) is 0. The van der Waals surface area contributed by atoms with E-state index in [0.29, 0.717) is 0 Å². The van der Waals surface area contributed by atoms with E-state index in [9.17, 15) is 0 Å². The highest BCUT2D eigenvalue weighted by Gasteiger charge is 2.35. The summed E-state index contributed by atoms with van der Waals surface area (Å²) in [5, 5.41) is 3.63. The minimum Gasteiger partial charge on any atom is -0.314 e. The van der Waals surface area contributed by atoms with Gasteiger partial charge in [-0.05, 0) is 57.4 Å². The van der Waals surface area contributed by atoms with E-state index in [0.717, 1.165) is 36.5 Å². The molecule has 2 aliphatic rings. The molecule has 106 valence electrons. The van der Waals surface area contributed by atoms with Gasteiger partial charge in [0.25, 0.3) is 0 Å². The Balaban J connectivity index is 1.90. The zero-order valence-corrected chi connectivity index (χ0v) is 12.8. The van der Waals surface area contributed by atoms with Crippen molar-refractivity contribution < 1.29 is 0 Å². The van der Waals surface area contributed by atoms with Crippen LogP contribution in [-0.4, -0.2) is 36.1 Å². The average Bonchev–Trinajstić information content (AvgIpc) is 2.31. The number of rotatable bonds is 3. The molecular formula is C16H32N2. The van der Waals surface area contributed by atoms with Gasteiger partial charge in [0.05, 0.1) is 0 Å². The molecule has 0 aromatic carbocycles. The Kier molecular flexibility index (Phi) is 5.08. The average molecular weight is 252 g/mol. The molecule has 1 aliphatic carbocycles. The van der Waals surface area contributed by atoms with Gasteiger partial charge in [0.15, 0.2) is 0 Å². The van der Waals surface area contributed by atoms with Gasteiger partial charge in [0, 0.05) is 24.7 Å². The largest absolute Gasteiger partial charge is 0.314 e. The molecule has 0 bridgehead atoms. The molecule has 1 heterocycles. The minimum atomic E-state index is 0.763. The highest BCUT2D eigenvalue weighted by Crippen LogP contribution is 2.34. The summed E-state index contributed by atoms with van der Waals surface area (Å²) in [6.07, 6.45) is 6.99. The Labute approximate surface area is 114 Å². The molecule has 1 N–H and O–H groups in total. The van der Waals surface area contributed by atoms with Crippen LogP contribution in [0.15, 0.2) is 0 Å². The third-order valence-electron chi connectivity index (χ3n) is 5.23. The molecule has 0 amide bonds. The summed E-state index contributed by atoms with van der Waals surface area (Å²) < 4.78 is 0. The summed E-state index contributed by atoms with van der Waals surface area (Å²) in [6, 6.07) is 2.39. The Morgan fingerprint density at radius 3 is 2.44 bits per heavy atom. The van der Waals surface area contributed by atoms with E-state index >= 15 is 0 Å². The third-order valence-corrected chi connectivity index (χ3v) is 5.23. The van der Waals surface area contributed by atoms with E-state index in [4.69, 9.17) is 0 Å². The van der Waals surface area contributed by atoms with E-state index in [-0.39, 0.29) is 0 Å². The fourth-order valence-electron chi connectivity index (χ4n) is 4.30. The van der Waals surface area contributed by atoms with Gasteiger partial charge in [-0.25, -0.2) is 0 Å². The van der Waals surface area contributed by atoms with E-state index in [2.05, 4.69) is 37.9 Å². The molecule has 1 saturated carbocycles. The van der Waals surface area contributed by atoms with Crippen molar-refractivity contribution in [1.82, 2.24) is 10.2 Å². The quantitative estimate of drug-likeness (QED) is 0.829. The zero-order chi connectivity index (χ0) is 13.1. The van der Waals surface area contributed by atoms with Crippen LogP contribution in [-0.2, 0) is 0 Å². The standard InChI is InChI=1S/C16H32N2/c1-5-17-15-8-9-18(14(4)11-15)16-7-6-12(2)10-13(16)3/h12-17H,5-11H2,1-4H3. The maximum atomic E-state index is 3.63. The van der Waals surface area contributed by atoms with Crippen LogP contribution >= 0.6 is 0 Å². The van der Waals surface area contributed by atoms with E-state index in [1.807, 2.05) is 0 Å². The first-order chi connectivity index (χ1) is 8.61. The van der Waals surface area contributed by atoms with Crippen LogP contribution in [0, 0.1) is 11.8 Å². The Morgan fingerprint density at radius 1 is 1.06 bits per heavy atom. The highest BCUT2D eigenvalue weighted by atomic mass is 15.2. The first-order valence-electron chi connectivity index (χ1n) is 8.11. The second-order valence-electron chi connectivity index (χ2n) is 6.83. The third kappa shape index (κ3) is 3.27. The van der Waals surface area contributed by atoms with Crippen LogP contribution in [0.4, 0.5) is 0 Å². The first-order valence-corrected chi connectivity index (χ1v) is 8.11. The normalized spacial score (nSPS) is 43.0. The van der Waals surface area contributed by atoms with Crippen LogP contribution in [0.25, 0.3) is 0 Å². The van der Waals surface area contributed by atoms with Crippen LogP contribution < -0.4 is 5.32 Å². The zero-order valence-electron chi connectivity index (χ0n) is 12.8. The predicted molar refractivity (Wildman–Crippen MR) is 78.8 cm³/mol. The number of nitrogens with zero attached hydrogens (tertiary/aromatic N) is 1. The molecule has 5 atom stereocenters. The molecule has 0 aromatic rings. The maximum absolute atomic E-state index is 3.63. The molecular weight excluding hydrogens is 220 g/mol. The SMILES string of the molecule is CCNC1CCN(C2CCC(C)CC2C)C(C)C1. The molecule has 5 unspecified atom stereocenters. The molecule has 2 rings (SSSR count). The summed E-state index contributed by atoms with van der Waals surface area (Å²) in [7, 11) is 0. The predicted octanol–water partition coefficient (Wildman–Crippen LogP) is 3.27. The van der Waals surface area contributed by atoms with E-state index < -0.39 is 0 Å². The smallest absolute Gasteiger partial charge is 0.0124 e. The number of likely N-dealkylation sites (tertiary alicyclic amines) is 1. The molecule has 0 spiro atoms. The molecule has 1 saturated heterocycles. The van der Waals surface area contributed by atoms with Crippen molar-refractivity contribution in [1.29, 1.82) is 0 Å². The topological polar surface area (TPSA) is 15.3 Å². The van der Waals surface area contributed by atoms with Gasteiger partial charge in [-0.3, -0.25) is 4.90 Å². The molecule has 18 heavy (non-hydrogen) atoms. The van der Waals surface area contributed by atoms with Crippen molar-refractivity contribution in [3.8, 4) is 0 Å². The van der Waals surface area contributed by atoms with E-state index in [1.165, 1.54) is 38.6 Å². The summed E-state index contributed by atoms with van der Waals surface area (Å²) >= 11 is 0. The number of nitrogens with one attached hydrogen (secondary N) is 1. The van der Waals surface area contributed by atoms with Gasteiger partial charge in [-0.1, -0.05) is 20.8 Å². The Hall–Kier alpha value is -0.0800. The van der Waals surface area contributed by atoms with Crippen molar-refractivity contribution >= 4 is 0 Å². The lowest BCUT2D eigenvalue weighted by Crippen LogP contribution is -2.54. The first kappa shape index (κ1) is 14.3. The van der Waals surface area contributed by atoms with Gasteiger partial charge in [0.1, 0.15) is 0 Å². The van der Waals surface area contributed by atoms with E-state index in [1.54, 1.807) is 0 Å². The highest BCUT2D eigenvalue weighted by molar-refractivity contribution is 4.90. The molecule has 1 aliphatic heterocycles. The molecule has 0 aromatic heterocycles. The van der Waals surface area contributed by atoms with Crippen molar-refractivity contribution in [2.24, 2.45) is 11.8 Å². The fourth-order valence-corrected chi connectivity index (χ4v) is 4.30. The molecule has 0 radical (unpaired) electrons. The van der Waals surface area contributed by atoms with Gasteiger partial charge in [0.2, 0.25) is 0 Å². The molecule has 2 nitrogen and oxygen atoms in total. The monoisotopic (exact) mass is 252 g/mol. The van der Waals surface area contributed by atoms with Gasteiger partial charge >= 0.3 is 0 Å². The van der Waals surface area contributed by atoms with Gasteiger partial charge in [-0.15, -0.1) is 0 Å². The second-order valence-corrected chi connectivity index (χ2v) is 6.83. The molecule has 2 fully saturated rings. The van der Waals surface area contributed by atoms with Crippen LogP contribution in [0.3, 0.4) is 0 Å². The van der Waals surface area contributed by atoms with Gasteiger partial charge < -0.3 is 5.32 Å². The van der Waals surface area contributed by atoms with Crippen molar-refractivity contribution in [2.75, 3.05) is 13.1 Å². The Morgan fingerprint density at radius 2 is 1.83 bits per heavy atom. The number of piperidine rings is 1. The summed E-state index contributed by atoms with van der Waals surface area (Å²) in [4.78, 5) is 2.82. The second kappa shape index (κ2) is 6.38. The lowest BCUT2D eigenvalue weighted by Gasteiger charge is -2.47. The number of hydrogen-bond acceptors (Lipinski definition) is 2. The lowest BCUT2D eigenvalue weighted by atomic mass is 9.78. The van der Waals surface area contributed by atoms with Crippen LogP contribution in [0.5, 0.6) is 0 Å². The fraction of sp³-hybridized carbons (Fsp3) is 1.00. The van der Waals surface area contributed by atoms with Crippen LogP contribution in [0.1, 0.15) is 59.8 Å². The summed E-state index contributed by atoms with van der Waals surface area (Å²) in [5.74, 6) is 1.85. The minimum absolute atomic E-state index is 0.763. The van der Waals surface area contributed by atoms with Crippen molar-refractivity contribution in [3.05, 3.63) is 0 Å². The lowest BCUT2D eigenvalue weighted by molar-refractivity contribution is 0.0311. The maximum Gasteiger partial charge on any atom is 0.0124 e. The van der Waals surface area contributed by atoms with Crippen LogP contribution in [0.2, 0.25) is 0 Å². The number of hydrogen-bond donors (Lipinski definition) is 1. The molecule has 2 heteroatoms. The van der Waals surface area contributed by atoms with Crippen molar-refractivity contribution in [2.45, 2.75) is 77.9 Å². The van der Waals surface area contributed by atoms with Crippen molar-refractivity contribution in [3.63, 3.8) is 0 Å². The summed E-state index contributed by atoms with van der Waals surface area (Å²) in [6.45, 7) is 12.0.